The van der Waals surface area contributed by atoms with Crippen molar-refractivity contribution in [3.63, 3.8) is 0 Å². The molecule has 1 aromatic heterocycles. The van der Waals surface area contributed by atoms with E-state index in [0.29, 0.717) is 10.6 Å². The van der Waals surface area contributed by atoms with Crippen molar-refractivity contribution in [2.75, 3.05) is 16.4 Å². The molecule has 33 heavy (non-hydrogen) atoms. The van der Waals surface area contributed by atoms with Crippen molar-refractivity contribution in [2.24, 2.45) is 0 Å². The summed E-state index contributed by atoms with van der Waals surface area (Å²) in [5.74, 6) is -12.3. The lowest BCUT2D eigenvalue weighted by molar-refractivity contribution is -0.143. The third kappa shape index (κ3) is 5.48. The molecule has 0 unspecified atom stereocenters. The molecule has 2 N–H and O–H groups in total. The van der Waals surface area contributed by atoms with Crippen molar-refractivity contribution < 1.29 is 44.7 Å². The maximum atomic E-state index is 13.9. The molecule has 0 aliphatic heterocycles. The first-order valence-electron chi connectivity index (χ1n) is 8.79. The molecular formula is C20H11F7N2O3S. The third-order valence-electron chi connectivity index (χ3n) is 4.02. The molecule has 2 amide bonds. The summed E-state index contributed by atoms with van der Waals surface area (Å²) in [4.78, 5) is 24.4. The van der Waals surface area contributed by atoms with Crippen molar-refractivity contribution in [1.82, 2.24) is 0 Å². The first kappa shape index (κ1) is 24.2. The van der Waals surface area contributed by atoms with Crippen molar-refractivity contribution >= 4 is 35.0 Å². The van der Waals surface area contributed by atoms with E-state index in [1.54, 1.807) is 0 Å². The zero-order valence-corrected chi connectivity index (χ0v) is 16.8. The van der Waals surface area contributed by atoms with Crippen LogP contribution in [0.15, 0.2) is 52.0 Å². The van der Waals surface area contributed by atoms with Gasteiger partial charge in [-0.2, -0.15) is 13.2 Å². The summed E-state index contributed by atoms with van der Waals surface area (Å²) < 4.78 is 97.9. The Kier molecular flexibility index (Phi) is 7.01. The van der Waals surface area contributed by atoms with Gasteiger partial charge in [-0.3, -0.25) is 9.59 Å². The summed E-state index contributed by atoms with van der Waals surface area (Å²) in [5.41, 5.74) is -4.09. The van der Waals surface area contributed by atoms with E-state index < -0.39 is 58.3 Å². The Hall–Kier alpha value is -3.48. The Morgan fingerprint density at radius 2 is 1.58 bits per heavy atom. The number of carbonyl (C=O) groups excluding carboxylic acids is 2. The number of rotatable bonds is 6. The number of halogens is 7. The van der Waals surface area contributed by atoms with E-state index in [-0.39, 0.29) is 5.76 Å². The van der Waals surface area contributed by atoms with Crippen LogP contribution in [-0.2, 0) is 11.0 Å². The van der Waals surface area contributed by atoms with Gasteiger partial charge in [-0.05, 0) is 30.3 Å². The smallest absolute Gasteiger partial charge is 0.422 e. The van der Waals surface area contributed by atoms with Gasteiger partial charge in [-0.15, -0.1) is 11.8 Å². The highest BCUT2D eigenvalue weighted by Crippen LogP contribution is 2.38. The summed E-state index contributed by atoms with van der Waals surface area (Å²) in [6.07, 6.45) is -4.38. The molecule has 0 spiro atoms. The maximum Gasteiger partial charge on any atom is 0.422 e. The van der Waals surface area contributed by atoms with Crippen LogP contribution >= 0.6 is 11.8 Å². The second kappa shape index (κ2) is 9.57. The number of carbonyl (C=O) groups is 2. The number of alkyl halides is 3. The minimum absolute atomic E-state index is 0.0486. The lowest BCUT2D eigenvalue weighted by Crippen LogP contribution is -2.21. The zero-order chi connectivity index (χ0) is 24.3. The first-order chi connectivity index (χ1) is 15.5. The summed E-state index contributed by atoms with van der Waals surface area (Å²) in [6.45, 7) is 0. The minimum atomic E-state index is -5.69. The minimum Gasteiger partial charge on any atom is -0.459 e. The van der Waals surface area contributed by atoms with Gasteiger partial charge in [0.25, 0.3) is 5.91 Å². The van der Waals surface area contributed by atoms with Gasteiger partial charge in [0.05, 0.1) is 12.0 Å². The highest BCUT2D eigenvalue weighted by Gasteiger charge is 2.42. The van der Waals surface area contributed by atoms with Crippen LogP contribution < -0.4 is 10.6 Å². The molecule has 3 rings (SSSR count). The molecule has 1 heterocycles. The van der Waals surface area contributed by atoms with Gasteiger partial charge in [0.2, 0.25) is 5.91 Å². The Bertz CT molecular complexity index is 1170. The highest BCUT2D eigenvalue weighted by atomic mass is 32.2. The highest BCUT2D eigenvalue weighted by molar-refractivity contribution is 8.00. The topological polar surface area (TPSA) is 71.3 Å². The van der Waals surface area contributed by atoms with Crippen LogP contribution in [0, 0.1) is 23.3 Å². The molecule has 174 valence electrons. The molecule has 0 aliphatic rings. The van der Waals surface area contributed by atoms with Crippen LogP contribution in [0.2, 0.25) is 0 Å². The Morgan fingerprint density at radius 1 is 0.909 bits per heavy atom. The van der Waals surface area contributed by atoms with E-state index in [2.05, 4.69) is 5.32 Å². The number of nitrogens with one attached hydrogen (secondary N) is 2. The number of hydrogen-bond acceptors (Lipinski definition) is 4. The van der Waals surface area contributed by atoms with Crippen LogP contribution in [0.1, 0.15) is 16.1 Å². The first-order valence-corrected chi connectivity index (χ1v) is 9.78. The number of amides is 2. The average Bonchev–Trinajstić information content (AvgIpc) is 3.28. The molecule has 0 atom stereocenters. The summed E-state index contributed by atoms with van der Waals surface area (Å²) >= 11 is 0.815. The molecular weight excluding hydrogens is 481 g/mol. The molecule has 0 saturated carbocycles. The van der Waals surface area contributed by atoms with Crippen LogP contribution in [0.3, 0.4) is 0 Å². The lowest BCUT2D eigenvalue weighted by atomic mass is 10.1. The quantitative estimate of drug-likeness (QED) is 0.258. The molecule has 13 heteroatoms. The molecule has 0 bridgehead atoms. The second-order valence-corrected chi connectivity index (χ2v) is 7.35. The Balaban J connectivity index is 1.68. The zero-order valence-electron chi connectivity index (χ0n) is 16.0. The van der Waals surface area contributed by atoms with Crippen molar-refractivity contribution in [1.29, 1.82) is 0 Å². The fraction of sp³-hybridized carbons (Fsp3) is 0.100. The third-order valence-corrected chi connectivity index (χ3v) is 5.01. The van der Waals surface area contributed by atoms with Gasteiger partial charge in [-0.25, -0.2) is 17.6 Å². The molecule has 0 fully saturated rings. The maximum absolute atomic E-state index is 13.9. The van der Waals surface area contributed by atoms with Gasteiger partial charge in [0.1, 0.15) is 11.3 Å². The summed E-state index contributed by atoms with van der Waals surface area (Å²) in [7, 11) is 0. The van der Waals surface area contributed by atoms with E-state index in [1.165, 1.54) is 48.0 Å². The van der Waals surface area contributed by atoms with E-state index in [4.69, 9.17) is 4.42 Å². The number of furan rings is 1. The molecule has 5 nitrogen and oxygen atoms in total. The summed E-state index contributed by atoms with van der Waals surface area (Å²) in [5, 5.41) is 4.07. The van der Waals surface area contributed by atoms with Gasteiger partial charge in [0, 0.05) is 10.6 Å². The Morgan fingerprint density at radius 3 is 2.15 bits per heavy atom. The number of anilines is 2. The second-order valence-electron chi connectivity index (χ2n) is 6.30. The normalized spacial score (nSPS) is 11.4. The van der Waals surface area contributed by atoms with E-state index in [0.717, 1.165) is 11.8 Å². The standard InChI is InChI=1S/C20H11F7N2O3S/c21-14-13(20(25,26)27)15(22)17(24)18(16(14)23)29-12(30)8-33-10-4-1-3-9(7-10)28-19(31)11-5-2-6-32-11/h1-7H,8H2,(H,28,31)(H,29,30). The molecule has 0 aliphatic carbocycles. The molecule has 2 aromatic carbocycles. The van der Waals surface area contributed by atoms with Crippen LogP contribution in [-0.4, -0.2) is 17.6 Å². The molecule has 0 saturated heterocycles. The van der Waals surface area contributed by atoms with Crippen molar-refractivity contribution in [3.8, 4) is 0 Å². The number of thioether (sulfide) groups is 1. The van der Waals surface area contributed by atoms with Gasteiger partial charge in [0.15, 0.2) is 29.0 Å². The molecule has 0 radical (unpaired) electrons. The summed E-state index contributed by atoms with van der Waals surface area (Å²) in [6, 6.07) is 8.99. The van der Waals surface area contributed by atoms with Crippen LogP contribution in [0.25, 0.3) is 0 Å². The van der Waals surface area contributed by atoms with E-state index in [1.807, 2.05) is 0 Å². The number of hydrogen-bond donors (Lipinski definition) is 2. The number of benzene rings is 2. The van der Waals surface area contributed by atoms with Crippen LogP contribution in [0.5, 0.6) is 0 Å². The largest absolute Gasteiger partial charge is 0.459 e. The predicted octanol–water partition coefficient (Wildman–Crippen LogP) is 5.84. The van der Waals surface area contributed by atoms with Crippen molar-refractivity contribution in [3.05, 3.63) is 77.3 Å². The van der Waals surface area contributed by atoms with Crippen LogP contribution in [0.4, 0.5) is 42.1 Å². The van der Waals surface area contributed by atoms with E-state index >= 15 is 0 Å². The monoisotopic (exact) mass is 492 g/mol. The fourth-order valence-corrected chi connectivity index (χ4v) is 3.33. The fourth-order valence-electron chi connectivity index (χ4n) is 2.58. The SMILES string of the molecule is O=C(CSc1cccc(NC(=O)c2ccco2)c1)Nc1c(F)c(F)c(C(F)(F)F)c(F)c1F. The van der Waals surface area contributed by atoms with Gasteiger partial charge < -0.3 is 15.1 Å². The predicted molar refractivity (Wildman–Crippen MR) is 104 cm³/mol. The van der Waals surface area contributed by atoms with Gasteiger partial charge >= 0.3 is 6.18 Å². The lowest BCUT2D eigenvalue weighted by Gasteiger charge is -2.14. The van der Waals surface area contributed by atoms with E-state index in [9.17, 15) is 40.3 Å². The Labute approximate surface area is 185 Å². The molecule has 3 aromatic rings. The van der Waals surface area contributed by atoms with Gasteiger partial charge in [-0.1, -0.05) is 6.07 Å². The average molecular weight is 492 g/mol. The van der Waals surface area contributed by atoms with Crippen molar-refractivity contribution in [2.45, 2.75) is 11.1 Å².